The van der Waals surface area contributed by atoms with E-state index >= 15 is 0 Å². The summed E-state index contributed by atoms with van der Waals surface area (Å²) in [6.07, 6.45) is 1.36. The minimum Gasteiger partial charge on any atom is -0.457 e. The molecule has 0 atom stereocenters. The second-order valence-electron chi connectivity index (χ2n) is 5.84. The van der Waals surface area contributed by atoms with Crippen LogP contribution in [-0.2, 0) is 11.3 Å². The van der Waals surface area contributed by atoms with E-state index in [4.69, 9.17) is 4.42 Å². The van der Waals surface area contributed by atoms with Crippen LogP contribution >= 0.6 is 0 Å². The smallest absolute Gasteiger partial charge is 0.269 e. The molecule has 0 radical (unpaired) electrons. The number of hydrogen-bond donors (Lipinski definition) is 1. The van der Waals surface area contributed by atoms with Gasteiger partial charge in [0.25, 0.3) is 11.6 Å². The summed E-state index contributed by atoms with van der Waals surface area (Å²) >= 11 is 0. The fourth-order valence-corrected chi connectivity index (χ4v) is 2.50. The van der Waals surface area contributed by atoms with Crippen LogP contribution in [0.4, 0.5) is 5.69 Å². The van der Waals surface area contributed by atoms with Crippen molar-refractivity contribution in [2.75, 3.05) is 0 Å². The summed E-state index contributed by atoms with van der Waals surface area (Å²) in [5, 5.41) is 22.7. The Morgan fingerprint density at radius 1 is 1.11 bits per heavy atom. The first-order valence-corrected chi connectivity index (χ1v) is 8.35. The van der Waals surface area contributed by atoms with Gasteiger partial charge in [-0.15, -0.1) is 0 Å². The highest BCUT2D eigenvalue weighted by Gasteiger charge is 2.12. The molecule has 0 fully saturated rings. The number of nitrogens with zero attached hydrogens (tertiary/aromatic N) is 2. The zero-order valence-electron chi connectivity index (χ0n) is 14.7. The first-order valence-electron chi connectivity index (χ1n) is 8.35. The van der Waals surface area contributed by atoms with E-state index < -0.39 is 10.8 Å². The van der Waals surface area contributed by atoms with E-state index in [0.29, 0.717) is 23.6 Å². The highest BCUT2D eigenvalue weighted by atomic mass is 16.6. The van der Waals surface area contributed by atoms with Gasteiger partial charge in [0.05, 0.1) is 4.92 Å². The molecule has 7 heteroatoms. The number of nitriles is 1. The van der Waals surface area contributed by atoms with E-state index in [2.05, 4.69) is 5.32 Å². The number of carbonyl (C=O) groups excluding carboxylic acids is 1. The van der Waals surface area contributed by atoms with Gasteiger partial charge >= 0.3 is 0 Å². The fraction of sp³-hybridized carbons (Fsp3) is 0.0476. The predicted octanol–water partition coefficient (Wildman–Crippen LogP) is 4.08. The van der Waals surface area contributed by atoms with Crippen molar-refractivity contribution in [1.29, 1.82) is 5.26 Å². The molecule has 28 heavy (non-hydrogen) atoms. The van der Waals surface area contributed by atoms with Crippen molar-refractivity contribution < 1.29 is 14.1 Å². The van der Waals surface area contributed by atoms with E-state index in [1.165, 1.54) is 18.2 Å². The number of nitro benzene ring substituents is 1. The first-order chi connectivity index (χ1) is 13.6. The Bertz CT molecular complexity index is 1060. The maximum absolute atomic E-state index is 12.2. The zero-order valence-corrected chi connectivity index (χ0v) is 14.7. The van der Waals surface area contributed by atoms with Crippen LogP contribution in [0.1, 0.15) is 11.3 Å². The van der Waals surface area contributed by atoms with Crippen LogP contribution in [0.15, 0.2) is 76.7 Å². The van der Waals surface area contributed by atoms with Gasteiger partial charge in [0.2, 0.25) is 0 Å². The Morgan fingerprint density at radius 3 is 2.46 bits per heavy atom. The van der Waals surface area contributed by atoms with Crippen LogP contribution in [-0.4, -0.2) is 10.8 Å². The van der Waals surface area contributed by atoms with E-state index in [1.807, 2.05) is 36.4 Å². The summed E-state index contributed by atoms with van der Waals surface area (Å²) in [5.74, 6) is 0.308. The van der Waals surface area contributed by atoms with Crippen molar-refractivity contribution in [3.8, 4) is 17.4 Å². The van der Waals surface area contributed by atoms with E-state index in [9.17, 15) is 20.2 Å². The Morgan fingerprint density at radius 2 is 1.82 bits per heavy atom. The largest absolute Gasteiger partial charge is 0.457 e. The molecule has 0 aliphatic rings. The standard InChI is InChI=1S/C21H15N3O4/c22-13-17(21(25)23-14-15-4-2-1-3-5-15)12-19-10-11-20(28-19)16-6-8-18(9-7-16)24(26)27/h1-12H,14H2,(H,23,25)/b17-12-. The molecule has 1 aromatic heterocycles. The monoisotopic (exact) mass is 373 g/mol. The molecule has 0 bridgehead atoms. The molecule has 1 amide bonds. The van der Waals surface area contributed by atoms with E-state index in [0.717, 1.165) is 5.56 Å². The molecule has 3 rings (SSSR count). The third kappa shape index (κ3) is 4.51. The van der Waals surface area contributed by atoms with Crippen LogP contribution < -0.4 is 5.32 Å². The third-order valence-corrected chi connectivity index (χ3v) is 3.94. The zero-order chi connectivity index (χ0) is 19.9. The van der Waals surface area contributed by atoms with Crippen molar-refractivity contribution in [2.24, 2.45) is 0 Å². The normalized spacial score (nSPS) is 10.9. The molecule has 0 unspecified atom stereocenters. The van der Waals surface area contributed by atoms with Gasteiger partial charge in [-0.2, -0.15) is 5.26 Å². The topological polar surface area (TPSA) is 109 Å². The molecule has 0 saturated carbocycles. The molecule has 0 aliphatic carbocycles. The fourth-order valence-electron chi connectivity index (χ4n) is 2.50. The molecule has 1 heterocycles. The van der Waals surface area contributed by atoms with Gasteiger partial charge in [-0.25, -0.2) is 0 Å². The van der Waals surface area contributed by atoms with Crippen molar-refractivity contribution in [3.63, 3.8) is 0 Å². The predicted molar refractivity (Wildman–Crippen MR) is 103 cm³/mol. The molecule has 138 valence electrons. The van der Waals surface area contributed by atoms with Crippen LogP contribution in [0.2, 0.25) is 0 Å². The Hall–Kier alpha value is -4.18. The number of benzene rings is 2. The van der Waals surface area contributed by atoms with E-state index in [1.54, 1.807) is 24.3 Å². The Balaban J connectivity index is 1.72. The Kier molecular flexibility index (Phi) is 5.63. The summed E-state index contributed by atoms with van der Waals surface area (Å²) in [6, 6.07) is 20.4. The summed E-state index contributed by atoms with van der Waals surface area (Å²) < 4.78 is 5.64. The van der Waals surface area contributed by atoms with Gasteiger partial charge in [0, 0.05) is 30.3 Å². The number of hydrogen-bond acceptors (Lipinski definition) is 5. The highest BCUT2D eigenvalue weighted by molar-refractivity contribution is 6.01. The van der Waals surface area contributed by atoms with Crippen molar-refractivity contribution in [2.45, 2.75) is 6.54 Å². The van der Waals surface area contributed by atoms with Crippen LogP contribution in [0.25, 0.3) is 17.4 Å². The van der Waals surface area contributed by atoms with Crippen LogP contribution in [0.5, 0.6) is 0 Å². The maximum atomic E-state index is 12.2. The van der Waals surface area contributed by atoms with Crippen molar-refractivity contribution in [1.82, 2.24) is 5.32 Å². The lowest BCUT2D eigenvalue weighted by atomic mass is 10.1. The van der Waals surface area contributed by atoms with Crippen molar-refractivity contribution >= 4 is 17.7 Å². The van der Waals surface area contributed by atoms with Crippen molar-refractivity contribution in [3.05, 3.63) is 93.7 Å². The molecular weight excluding hydrogens is 358 g/mol. The average Bonchev–Trinajstić information content (AvgIpc) is 3.19. The lowest BCUT2D eigenvalue weighted by Crippen LogP contribution is -2.23. The molecule has 0 aliphatic heterocycles. The first kappa shape index (κ1) is 18.6. The molecule has 3 aromatic rings. The lowest BCUT2D eigenvalue weighted by Gasteiger charge is -2.03. The minimum atomic E-state index is -0.500. The van der Waals surface area contributed by atoms with Crippen LogP contribution in [0, 0.1) is 21.4 Å². The number of rotatable bonds is 6. The second-order valence-corrected chi connectivity index (χ2v) is 5.84. The summed E-state index contributed by atoms with van der Waals surface area (Å²) in [4.78, 5) is 22.5. The SMILES string of the molecule is N#C/C(=C/c1ccc(-c2ccc([N+](=O)[O-])cc2)o1)C(=O)NCc1ccccc1. The summed E-state index contributed by atoms with van der Waals surface area (Å²) in [6.45, 7) is 0.310. The number of nitro groups is 1. The number of amides is 1. The average molecular weight is 373 g/mol. The number of non-ortho nitro benzene ring substituents is 1. The third-order valence-electron chi connectivity index (χ3n) is 3.94. The molecule has 0 spiro atoms. The van der Waals surface area contributed by atoms with E-state index in [-0.39, 0.29) is 11.3 Å². The molecule has 7 nitrogen and oxygen atoms in total. The molecule has 2 aromatic carbocycles. The van der Waals surface area contributed by atoms with Gasteiger partial charge in [-0.3, -0.25) is 14.9 Å². The quantitative estimate of drug-likeness (QED) is 0.303. The number of furan rings is 1. The highest BCUT2D eigenvalue weighted by Crippen LogP contribution is 2.25. The van der Waals surface area contributed by atoms with Gasteiger partial charge in [-0.05, 0) is 29.8 Å². The van der Waals surface area contributed by atoms with Gasteiger partial charge in [0.1, 0.15) is 23.2 Å². The maximum Gasteiger partial charge on any atom is 0.269 e. The second kappa shape index (κ2) is 8.47. The number of nitrogens with one attached hydrogen (secondary N) is 1. The van der Waals surface area contributed by atoms with Crippen LogP contribution in [0.3, 0.4) is 0 Å². The molecular formula is C21H15N3O4. The van der Waals surface area contributed by atoms with Gasteiger partial charge < -0.3 is 9.73 Å². The summed E-state index contributed by atoms with van der Waals surface area (Å²) in [7, 11) is 0. The summed E-state index contributed by atoms with van der Waals surface area (Å²) in [5.41, 5.74) is 1.47. The minimum absolute atomic E-state index is 0.0164. The number of carbonyl (C=O) groups is 1. The lowest BCUT2D eigenvalue weighted by molar-refractivity contribution is -0.384. The molecule has 1 N–H and O–H groups in total. The van der Waals surface area contributed by atoms with Gasteiger partial charge in [-0.1, -0.05) is 30.3 Å². The molecule has 0 saturated heterocycles. The Labute approximate surface area is 160 Å². The van der Waals surface area contributed by atoms with Gasteiger partial charge in [0.15, 0.2) is 0 Å².